The summed E-state index contributed by atoms with van der Waals surface area (Å²) in [4.78, 5) is 5.77. The number of para-hydroxylation sites is 1. The Kier molecular flexibility index (Phi) is 7.40. The molecule has 35 heavy (non-hydrogen) atoms. The van der Waals surface area contributed by atoms with Crippen LogP contribution in [0.25, 0.3) is 10.4 Å². The number of nitrogens with one attached hydrogen (secondary N) is 2. The van der Waals surface area contributed by atoms with Crippen molar-refractivity contribution in [2.45, 2.75) is 51.0 Å². The van der Waals surface area contributed by atoms with E-state index in [0.717, 1.165) is 52.9 Å². The van der Waals surface area contributed by atoms with Gasteiger partial charge in [-0.3, -0.25) is 4.72 Å². The van der Waals surface area contributed by atoms with Gasteiger partial charge in [0.15, 0.2) is 5.13 Å². The molecule has 1 aromatic heterocycles. The Morgan fingerprint density at radius 1 is 1.11 bits per heavy atom. The van der Waals surface area contributed by atoms with Crippen LogP contribution in [0.2, 0.25) is 0 Å². The number of hydrogen-bond acceptors (Lipinski definition) is 7. The van der Waals surface area contributed by atoms with Crippen LogP contribution in [0.1, 0.15) is 37.9 Å². The molecule has 2 aromatic carbocycles. The molecule has 1 saturated heterocycles. The maximum absolute atomic E-state index is 13.3. The fourth-order valence-corrected chi connectivity index (χ4v) is 6.88. The summed E-state index contributed by atoms with van der Waals surface area (Å²) in [5.74, 6) is 0.783. The number of anilines is 2. The van der Waals surface area contributed by atoms with Crippen molar-refractivity contribution in [3.8, 4) is 16.2 Å². The second-order valence-corrected chi connectivity index (χ2v) is 12.1. The lowest BCUT2D eigenvalue weighted by Gasteiger charge is -2.37. The van der Waals surface area contributed by atoms with E-state index in [9.17, 15) is 8.42 Å². The minimum Gasteiger partial charge on any atom is -0.495 e. The van der Waals surface area contributed by atoms with Crippen LogP contribution in [0.5, 0.6) is 5.75 Å². The van der Waals surface area contributed by atoms with E-state index >= 15 is 0 Å². The SMILES string of the molecule is COc1ccc(-c2sc(NC(C)(C)C3CCOCC3)nc2C)cc1S(=O)(=O)Nc1ccccc1C. The number of thiazole rings is 1. The van der Waals surface area contributed by atoms with Gasteiger partial charge in [-0.15, -0.1) is 0 Å². The summed E-state index contributed by atoms with van der Waals surface area (Å²) in [6, 6.07) is 12.5. The van der Waals surface area contributed by atoms with Gasteiger partial charge in [0.05, 0.1) is 23.4 Å². The van der Waals surface area contributed by atoms with Gasteiger partial charge >= 0.3 is 0 Å². The molecule has 1 aliphatic rings. The lowest BCUT2D eigenvalue weighted by molar-refractivity contribution is 0.0491. The lowest BCUT2D eigenvalue weighted by atomic mass is 9.82. The Morgan fingerprint density at radius 2 is 1.83 bits per heavy atom. The average Bonchev–Trinajstić information content (AvgIpc) is 3.19. The van der Waals surface area contributed by atoms with E-state index in [1.165, 1.54) is 18.4 Å². The summed E-state index contributed by atoms with van der Waals surface area (Å²) >= 11 is 1.53. The van der Waals surface area contributed by atoms with E-state index in [0.29, 0.717) is 11.6 Å². The number of sulfonamides is 1. The first-order chi connectivity index (χ1) is 16.6. The molecule has 0 saturated carbocycles. The van der Waals surface area contributed by atoms with Gasteiger partial charge in [0.1, 0.15) is 10.6 Å². The first-order valence-electron chi connectivity index (χ1n) is 11.7. The van der Waals surface area contributed by atoms with Crippen LogP contribution in [0.3, 0.4) is 0 Å². The molecule has 0 bridgehead atoms. The smallest absolute Gasteiger partial charge is 0.265 e. The molecule has 2 heterocycles. The molecule has 4 rings (SSSR count). The van der Waals surface area contributed by atoms with Gasteiger partial charge in [0.25, 0.3) is 10.0 Å². The molecular formula is C26H33N3O4S2. The van der Waals surface area contributed by atoms with Crippen molar-refractivity contribution in [3.05, 3.63) is 53.7 Å². The third-order valence-electron chi connectivity index (χ3n) is 6.57. The van der Waals surface area contributed by atoms with Crippen molar-refractivity contribution in [1.29, 1.82) is 0 Å². The molecule has 0 aliphatic carbocycles. The van der Waals surface area contributed by atoms with Crippen LogP contribution in [0.4, 0.5) is 10.8 Å². The predicted molar refractivity (Wildman–Crippen MR) is 142 cm³/mol. The molecule has 1 fully saturated rings. The average molecular weight is 516 g/mol. The number of methoxy groups -OCH3 is 1. The van der Waals surface area contributed by atoms with Crippen LogP contribution in [-0.4, -0.2) is 39.3 Å². The van der Waals surface area contributed by atoms with Gasteiger partial charge in [-0.1, -0.05) is 29.5 Å². The fourth-order valence-electron chi connectivity index (χ4n) is 4.43. The van der Waals surface area contributed by atoms with Gasteiger partial charge < -0.3 is 14.8 Å². The third-order valence-corrected chi connectivity index (χ3v) is 9.08. The quantitative estimate of drug-likeness (QED) is 0.391. The molecule has 0 spiro atoms. The van der Waals surface area contributed by atoms with Gasteiger partial charge in [-0.25, -0.2) is 13.4 Å². The van der Waals surface area contributed by atoms with E-state index < -0.39 is 10.0 Å². The molecule has 9 heteroatoms. The summed E-state index contributed by atoms with van der Waals surface area (Å²) in [6.45, 7) is 9.80. The number of hydrogen-bond donors (Lipinski definition) is 2. The first-order valence-corrected chi connectivity index (χ1v) is 14.0. The zero-order valence-electron chi connectivity index (χ0n) is 20.8. The Hall–Kier alpha value is -2.62. The minimum atomic E-state index is -3.88. The first kappa shape index (κ1) is 25.5. The van der Waals surface area contributed by atoms with E-state index in [4.69, 9.17) is 14.5 Å². The Labute approximate surface area is 212 Å². The van der Waals surface area contributed by atoms with Gasteiger partial charge in [0.2, 0.25) is 0 Å². The summed E-state index contributed by atoms with van der Waals surface area (Å²) in [7, 11) is -2.40. The molecule has 0 radical (unpaired) electrons. The molecule has 3 aromatic rings. The summed E-state index contributed by atoms with van der Waals surface area (Å²) in [5, 5.41) is 4.45. The highest BCUT2D eigenvalue weighted by Crippen LogP contribution is 2.39. The van der Waals surface area contributed by atoms with Crippen LogP contribution in [-0.2, 0) is 14.8 Å². The predicted octanol–water partition coefficient (Wildman–Crippen LogP) is 5.85. The van der Waals surface area contributed by atoms with Gasteiger partial charge in [-0.05, 0) is 81.8 Å². The van der Waals surface area contributed by atoms with E-state index in [2.05, 4.69) is 23.9 Å². The van der Waals surface area contributed by atoms with Crippen LogP contribution in [0.15, 0.2) is 47.4 Å². The molecule has 0 atom stereocenters. The molecule has 7 nitrogen and oxygen atoms in total. The highest BCUT2D eigenvalue weighted by molar-refractivity contribution is 7.92. The fraction of sp³-hybridized carbons (Fsp3) is 0.423. The molecule has 0 unspecified atom stereocenters. The largest absolute Gasteiger partial charge is 0.495 e. The minimum absolute atomic E-state index is 0.0885. The molecule has 1 aliphatic heterocycles. The van der Waals surface area contributed by atoms with Gasteiger partial charge in [0, 0.05) is 18.8 Å². The van der Waals surface area contributed by atoms with Crippen molar-refractivity contribution in [1.82, 2.24) is 4.98 Å². The topological polar surface area (TPSA) is 89.5 Å². The zero-order valence-corrected chi connectivity index (χ0v) is 22.5. The summed E-state index contributed by atoms with van der Waals surface area (Å²) in [6.07, 6.45) is 2.04. The van der Waals surface area contributed by atoms with Crippen molar-refractivity contribution < 1.29 is 17.9 Å². The lowest BCUT2D eigenvalue weighted by Crippen LogP contribution is -2.42. The highest BCUT2D eigenvalue weighted by atomic mass is 32.2. The second-order valence-electron chi connectivity index (χ2n) is 9.45. The van der Waals surface area contributed by atoms with Gasteiger partial charge in [-0.2, -0.15) is 0 Å². The second kappa shape index (κ2) is 10.2. The van der Waals surface area contributed by atoms with E-state index in [1.54, 1.807) is 24.3 Å². The summed E-state index contributed by atoms with van der Waals surface area (Å²) in [5.41, 5.74) is 2.88. The maximum atomic E-state index is 13.3. The standard InChI is InChI=1S/C26H33N3O4S2/c1-17-8-6-7-9-21(17)29-35(30,31)23-16-19(10-11-22(23)32-5)24-18(2)27-25(34-24)28-26(3,4)20-12-14-33-15-13-20/h6-11,16,20,29H,12-15H2,1-5H3,(H,27,28). The van der Waals surface area contributed by atoms with Crippen molar-refractivity contribution in [2.24, 2.45) is 5.92 Å². The summed E-state index contributed by atoms with van der Waals surface area (Å²) < 4.78 is 40.3. The van der Waals surface area contributed by atoms with Crippen molar-refractivity contribution >= 4 is 32.2 Å². The normalized spacial score (nSPS) is 15.1. The van der Waals surface area contributed by atoms with Crippen LogP contribution >= 0.6 is 11.3 Å². The Morgan fingerprint density at radius 3 is 2.51 bits per heavy atom. The Bertz CT molecular complexity index is 1300. The highest BCUT2D eigenvalue weighted by Gasteiger charge is 2.32. The third kappa shape index (κ3) is 5.63. The maximum Gasteiger partial charge on any atom is 0.265 e. The Balaban J connectivity index is 1.64. The molecule has 188 valence electrons. The molecular weight excluding hydrogens is 482 g/mol. The number of ether oxygens (including phenoxy) is 2. The van der Waals surface area contributed by atoms with Crippen LogP contribution in [0, 0.1) is 19.8 Å². The van der Waals surface area contributed by atoms with Crippen molar-refractivity contribution in [2.75, 3.05) is 30.4 Å². The van der Waals surface area contributed by atoms with E-state index in [1.807, 2.05) is 32.0 Å². The van der Waals surface area contributed by atoms with Crippen molar-refractivity contribution in [3.63, 3.8) is 0 Å². The number of rotatable bonds is 8. The zero-order chi connectivity index (χ0) is 25.2. The molecule has 2 N–H and O–H groups in total. The number of nitrogens with zero attached hydrogens (tertiary/aromatic N) is 1. The number of aryl methyl sites for hydroxylation is 2. The molecule has 0 amide bonds. The van der Waals surface area contributed by atoms with E-state index in [-0.39, 0.29) is 16.2 Å². The monoisotopic (exact) mass is 515 g/mol. The number of benzene rings is 2. The number of aromatic nitrogens is 1. The van der Waals surface area contributed by atoms with Crippen LogP contribution < -0.4 is 14.8 Å².